The Labute approximate surface area is 211 Å². The molecule has 1 saturated heterocycles. The molecule has 0 aromatic carbocycles. The molecule has 16 nitrogen and oxygen atoms in total. The van der Waals surface area contributed by atoms with Gasteiger partial charge in [0.15, 0.2) is 12.5 Å². The zero-order chi connectivity index (χ0) is 24.1. The number of rotatable bonds is 7. The third-order valence-electron chi connectivity index (χ3n) is 4.75. The molecule has 3 aromatic heterocycles. The number of nitrogens with two attached hydrogens (primary N) is 1. The molecule has 0 saturated carbocycles. The van der Waals surface area contributed by atoms with Gasteiger partial charge in [-0.1, -0.05) is 4.98 Å². The third kappa shape index (κ3) is 5.20. The van der Waals surface area contributed by atoms with Gasteiger partial charge in [0.2, 0.25) is 11.7 Å². The summed E-state index contributed by atoms with van der Waals surface area (Å²) in [5.74, 6) is -0.221. The molecule has 4 rings (SSSR count). The van der Waals surface area contributed by atoms with E-state index in [1.165, 1.54) is 22.5 Å². The van der Waals surface area contributed by atoms with Gasteiger partial charge < -0.3 is 25.4 Å². The number of anilines is 1. The van der Waals surface area contributed by atoms with Gasteiger partial charge in [0.1, 0.15) is 18.5 Å². The molecule has 0 bridgehead atoms. The van der Waals surface area contributed by atoms with Crippen molar-refractivity contribution in [2.24, 2.45) is 7.05 Å². The number of aliphatic hydroxyl groups excluding tert-OH is 1. The Kier molecular flexibility index (Phi) is 7.87. The first kappa shape index (κ1) is 27.1. The summed E-state index contributed by atoms with van der Waals surface area (Å²) in [6.07, 6.45) is -2.51. The second-order valence-electron chi connectivity index (χ2n) is 7.04. The number of ether oxygens (including phenoxy) is 1. The average molecular weight is 533 g/mol. The summed E-state index contributed by atoms with van der Waals surface area (Å²) >= 11 is 0. The zero-order valence-corrected chi connectivity index (χ0v) is 21.5. The number of fused-ring (bicyclic) bond motifs is 1. The van der Waals surface area contributed by atoms with Gasteiger partial charge in [0.05, 0.1) is 13.7 Å². The minimum Gasteiger partial charge on any atom is -0.384 e. The van der Waals surface area contributed by atoms with Crippen molar-refractivity contribution in [3.8, 4) is 0 Å². The van der Waals surface area contributed by atoms with E-state index in [4.69, 9.17) is 10.5 Å². The number of nitrogens with one attached hydrogen (secondary N) is 1. The SMILES string of the molecule is Cn1c[n+]([C@@H]2O[C@H](COP(=O)(O)OP(=O)(O)n3ccnc3)[C@@H](F)[C@H]2O)c2nc(N)[nH]c(=O)c21.[Na+]. The van der Waals surface area contributed by atoms with E-state index in [0.717, 1.165) is 18.7 Å². The summed E-state index contributed by atoms with van der Waals surface area (Å²) in [4.78, 5) is 41.5. The summed E-state index contributed by atoms with van der Waals surface area (Å²) in [5.41, 5.74) is 5.05. The van der Waals surface area contributed by atoms with Crippen molar-refractivity contribution in [1.82, 2.24) is 23.9 Å². The number of H-pyrrole nitrogens is 1. The molecule has 0 radical (unpaired) electrons. The number of hydrogen-bond donors (Lipinski definition) is 5. The van der Waals surface area contributed by atoms with Crippen LogP contribution in [0.3, 0.4) is 0 Å². The molecule has 2 unspecified atom stereocenters. The smallest absolute Gasteiger partial charge is 0.384 e. The van der Waals surface area contributed by atoms with E-state index in [1.54, 1.807) is 0 Å². The van der Waals surface area contributed by atoms with E-state index in [-0.39, 0.29) is 46.7 Å². The van der Waals surface area contributed by atoms with Gasteiger partial charge in [0, 0.05) is 12.4 Å². The Morgan fingerprint density at radius 3 is 2.76 bits per heavy atom. The number of hydrogen-bond acceptors (Lipinski definition) is 10. The maximum atomic E-state index is 14.7. The van der Waals surface area contributed by atoms with Gasteiger partial charge in [-0.25, -0.2) is 27.4 Å². The Bertz CT molecular complexity index is 1340. The molecule has 180 valence electrons. The van der Waals surface area contributed by atoms with Gasteiger partial charge in [-0.3, -0.25) is 18.9 Å². The van der Waals surface area contributed by atoms with Crippen LogP contribution in [-0.4, -0.2) is 63.7 Å². The fourth-order valence-electron chi connectivity index (χ4n) is 3.30. The molecule has 6 N–H and O–H groups in total. The van der Waals surface area contributed by atoms with E-state index >= 15 is 0 Å². The quantitative estimate of drug-likeness (QED) is 0.111. The van der Waals surface area contributed by atoms with Crippen molar-refractivity contribution in [1.29, 1.82) is 0 Å². The first-order chi connectivity index (χ1) is 15.4. The van der Waals surface area contributed by atoms with Crippen molar-refractivity contribution in [3.05, 3.63) is 35.4 Å². The second kappa shape index (κ2) is 9.87. The maximum absolute atomic E-state index is 14.7. The number of phosphoric ester groups is 1. The minimum absolute atomic E-state index is 0. The van der Waals surface area contributed by atoms with Crippen LogP contribution in [0, 0.1) is 0 Å². The molecule has 1 fully saturated rings. The van der Waals surface area contributed by atoms with Crippen LogP contribution in [0.1, 0.15) is 6.23 Å². The number of imidazole rings is 2. The van der Waals surface area contributed by atoms with Crippen molar-refractivity contribution >= 4 is 32.7 Å². The Hall–Kier alpha value is -1.49. The Morgan fingerprint density at radius 2 is 2.12 bits per heavy atom. The number of phosphoric acid groups is 1. The largest absolute Gasteiger partial charge is 1.00 e. The second-order valence-corrected chi connectivity index (χ2v) is 10.3. The van der Waals surface area contributed by atoms with Gasteiger partial charge in [-0.05, 0) is 0 Å². The summed E-state index contributed by atoms with van der Waals surface area (Å²) < 4.78 is 56.3. The van der Waals surface area contributed by atoms with Gasteiger partial charge in [-0.15, -0.1) is 0 Å². The molecule has 4 heterocycles. The number of aliphatic hydroxyl groups is 1. The molecular weight excluding hydrogens is 514 g/mol. The van der Waals surface area contributed by atoms with Gasteiger partial charge in [-0.2, -0.15) is 4.31 Å². The van der Waals surface area contributed by atoms with Crippen molar-refractivity contribution in [2.75, 3.05) is 12.3 Å². The number of aromatic amines is 1. The summed E-state index contributed by atoms with van der Waals surface area (Å²) in [7, 11) is -8.49. The molecule has 20 heteroatoms. The maximum Gasteiger partial charge on any atom is 1.00 e. The molecule has 0 amide bonds. The average Bonchev–Trinajstić information content (AvgIpc) is 3.41. The molecule has 0 spiro atoms. The number of nitrogen functional groups attached to an aromatic ring is 1. The molecule has 1 aliphatic heterocycles. The van der Waals surface area contributed by atoms with Crippen LogP contribution in [0.15, 0.2) is 29.8 Å². The van der Waals surface area contributed by atoms with Crippen LogP contribution in [0.25, 0.3) is 11.2 Å². The summed E-state index contributed by atoms with van der Waals surface area (Å²) in [5, 5.41) is 10.3. The molecule has 1 aliphatic rings. The normalized spacial score (nSPS) is 26.1. The van der Waals surface area contributed by atoms with Crippen LogP contribution in [0.4, 0.5) is 10.3 Å². The van der Waals surface area contributed by atoms with Crippen LogP contribution in [0.5, 0.6) is 0 Å². The third-order valence-corrected chi connectivity index (χ3v) is 7.72. The first-order valence-corrected chi connectivity index (χ1v) is 12.2. The molecule has 0 aliphatic carbocycles. The standard InChI is InChI=1S/C14H18FN7O9P2.Na/c1-20-6-22(11-9(20)12(24)19-14(16)18-11)13-10(23)8(15)7(30-13)4-29-33(27,28)31-32(25,26)21-3-2-17-5-21;/h2-3,5-8,10,13,23H,4H2,1H3,(H4-,16,18,19,24,25,26,27,28);/q;+1/p+1/t7-,8-,10-,13-;/m1./s1. The van der Waals surface area contributed by atoms with E-state index in [2.05, 4.69) is 23.8 Å². The topological polar surface area (TPSA) is 221 Å². The predicted octanol–water partition coefficient (Wildman–Crippen LogP) is -4.29. The van der Waals surface area contributed by atoms with Gasteiger partial charge in [0.25, 0.3) is 11.5 Å². The fraction of sp³-hybridized carbons (Fsp3) is 0.429. The Balaban J connectivity index is 0.00000324. The minimum atomic E-state index is -5.17. The molecule has 6 atom stereocenters. The molecular formula is C14H19FN7NaO9P2+2. The number of aryl methyl sites for hydroxylation is 1. The van der Waals surface area contributed by atoms with E-state index < -0.39 is 52.3 Å². The van der Waals surface area contributed by atoms with Crippen LogP contribution in [-0.2, 0) is 29.7 Å². The van der Waals surface area contributed by atoms with Gasteiger partial charge >= 0.3 is 50.8 Å². The number of alkyl halides is 1. The van der Waals surface area contributed by atoms with E-state index in [1.807, 2.05) is 0 Å². The molecule has 34 heavy (non-hydrogen) atoms. The monoisotopic (exact) mass is 533 g/mol. The van der Waals surface area contributed by atoms with Crippen LogP contribution >= 0.6 is 15.6 Å². The van der Waals surface area contributed by atoms with E-state index in [0.29, 0.717) is 4.34 Å². The number of aromatic nitrogens is 6. The predicted molar refractivity (Wildman–Crippen MR) is 105 cm³/mol. The summed E-state index contributed by atoms with van der Waals surface area (Å²) in [6.45, 7) is -0.923. The van der Waals surface area contributed by atoms with E-state index in [9.17, 15) is 33.2 Å². The van der Waals surface area contributed by atoms with Crippen molar-refractivity contribution in [2.45, 2.75) is 24.6 Å². The first-order valence-electron chi connectivity index (χ1n) is 9.13. The van der Waals surface area contributed by atoms with Crippen LogP contribution in [0.2, 0.25) is 0 Å². The fourth-order valence-corrected chi connectivity index (χ4v) is 5.65. The van der Waals surface area contributed by atoms with Crippen molar-refractivity contribution in [3.63, 3.8) is 0 Å². The summed E-state index contributed by atoms with van der Waals surface area (Å²) in [6, 6.07) is 0. The van der Waals surface area contributed by atoms with Crippen molar-refractivity contribution < 1.29 is 76.1 Å². The number of halogens is 1. The zero-order valence-electron chi connectivity index (χ0n) is 17.7. The molecule has 3 aromatic rings. The van der Waals surface area contributed by atoms with Crippen LogP contribution < -0.4 is 45.4 Å². The Morgan fingerprint density at radius 1 is 1.41 bits per heavy atom. The number of nitrogens with zero attached hydrogens (tertiary/aromatic N) is 5.